The van der Waals surface area contributed by atoms with Crippen molar-refractivity contribution in [2.24, 2.45) is 11.3 Å². The molecule has 1 aliphatic carbocycles. The maximum Gasteiger partial charge on any atom is 0.125 e. The van der Waals surface area contributed by atoms with Crippen LogP contribution in [0.2, 0.25) is 0 Å². The number of nitrogens with zero attached hydrogens (tertiary/aromatic N) is 1. The Labute approximate surface area is 85.7 Å². The van der Waals surface area contributed by atoms with Gasteiger partial charge in [0.05, 0.1) is 0 Å². The van der Waals surface area contributed by atoms with Crippen molar-refractivity contribution >= 4 is 5.82 Å². The second-order valence-electron chi connectivity index (χ2n) is 5.03. The van der Waals surface area contributed by atoms with Gasteiger partial charge >= 0.3 is 0 Å². The van der Waals surface area contributed by atoms with Gasteiger partial charge < -0.3 is 5.32 Å². The average molecular weight is 190 g/mol. The Morgan fingerprint density at radius 2 is 2.21 bits per heavy atom. The molecule has 0 amide bonds. The van der Waals surface area contributed by atoms with Gasteiger partial charge in [-0.3, -0.25) is 0 Å². The summed E-state index contributed by atoms with van der Waals surface area (Å²) in [6.45, 7) is 5.75. The number of aromatic nitrogens is 1. The molecule has 0 unspecified atom stereocenters. The van der Waals surface area contributed by atoms with E-state index in [-0.39, 0.29) is 0 Å². The first-order chi connectivity index (χ1) is 6.66. The fraction of sp³-hybridized carbons (Fsp3) is 0.583. The first kappa shape index (κ1) is 9.50. The van der Waals surface area contributed by atoms with Crippen LogP contribution in [0.5, 0.6) is 0 Å². The van der Waals surface area contributed by atoms with Crippen LogP contribution in [0.15, 0.2) is 24.4 Å². The normalized spacial score (nSPS) is 20.1. The van der Waals surface area contributed by atoms with Crippen molar-refractivity contribution in [3.8, 4) is 0 Å². The summed E-state index contributed by atoms with van der Waals surface area (Å²) >= 11 is 0. The highest BCUT2D eigenvalue weighted by molar-refractivity contribution is 5.33. The first-order valence-corrected chi connectivity index (χ1v) is 5.31. The summed E-state index contributed by atoms with van der Waals surface area (Å²) in [5, 5.41) is 3.37. The van der Waals surface area contributed by atoms with Crippen LogP contribution in [0.1, 0.15) is 26.7 Å². The summed E-state index contributed by atoms with van der Waals surface area (Å²) in [5.41, 5.74) is 0.580. The van der Waals surface area contributed by atoms with E-state index in [0.29, 0.717) is 5.41 Å². The minimum absolute atomic E-state index is 0.580. The van der Waals surface area contributed by atoms with Gasteiger partial charge in [-0.05, 0) is 36.3 Å². The SMILES string of the molecule is CC1(C)CC(CNc2ccccn2)C1. The quantitative estimate of drug-likeness (QED) is 0.792. The Bertz CT molecular complexity index is 284. The smallest absolute Gasteiger partial charge is 0.125 e. The second kappa shape index (κ2) is 3.60. The Morgan fingerprint density at radius 1 is 1.43 bits per heavy atom. The van der Waals surface area contributed by atoms with Gasteiger partial charge in [0.2, 0.25) is 0 Å². The molecule has 1 aliphatic rings. The van der Waals surface area contributed by atoms with Gasteiger partial charge in [0.15, 0.2) is 0 Å². The van der Waals surface area contributed by atoms with E-state index >= 15 is 0 Å². The molecular weight excluding hydrogens is 172 g/mol. The highest BCUT2D eigenvalue weighted by atomic mass is 15.0. The average Bonchev–Trinajstić information content (AvgIpc) is 2.13. The van der Waals surface area contributed by atoms with Crippen molar-refractivity contribution < 1.29 is 0 Å². The number of hydrogen-bond acceptors (Lipinski definition) is 2. The lowest BCUT2D eigenvalue weighted by molar-refractivity contribution is 0.106. The van der Waals surface area contributed by atoms with Gasteiger partial charge in [-0.1, -0.05) is 19.9 Å². The zero-order valence-electron chi connectivity index (χ0n) is 8.96. The highest BCUT2D eigenvalue weighted by Crippen LogP contribution is 2.44. The van der Waals surface area contributed by atoms with E-state index in [1.54, 1.807) is 0 Å². The van der Waals surface area contributed by atoms with Gasteiger partial charge in [0.1, 0.15) is 5.82 Å². The summed E-state index contributed by atoms with van der Waals surface area (Å²) in [6, 6.07) is 5.97. The Kier molecular flexibility index (Phi) is 2.44. The summed E-state index contributed by atoms with van der Waals surface area (Å²) < 4.78 is 0. The molecule has 14 heavy (non-hydrogen) atoms. The number of hydrogen-bond donors (Lipinski definition) is 1. The molecule has 1 N–H and O–H groups in total. The monoisotopic (exact) mass is 190 g/mol. The molecule has 0 radical (unpaired) electrons. The fourth-order valence-corrected chi connectivity index (χ4v) is 2.36. The summed E-state index contributed by atoms with van der Waals surface area (Å²) in [7, 11) is 0. The summed E-state index contributed by atoms with van der Waals surface area (Å²) in [6.07, 6.45) is 4.51. The minimum atomic E-state index is 0.580. The standard InChI is InChI=1S/C12H18N2/c1-12(2)7-10(8-12)9-14-11-5-3-4-6-13-11/h3-6,10H,7-9H2,1-2H3,(H,13,14). The third-order valence-electron chi connectivity index (χ3n) is 2.92. The van der Waals surface area contributed by atoms with Crippen LogP contribution in [-0.2, 0) is 0 Å². The van der Waals surface area contributed by atoms with E-state index in [1.807, 2.05) is 24.4 Å². The molecular formula is C12H18N2. The molecule has 2 rings (SSSR count). The number of anilines is 1. The molecule has 1 heterocycles. The fourth-order valence-electron chi connectivity index (χ4n) is 2.36. The maximum absolute atomic E-state index is 4.23. The van der Waals surface area contributed by atoms with Gasteiger partial charge in [-0.25, -0.2) is 4.98 Å². The molecule has 0 saturated heterocycles. The van der Waals surface area contributed by atoms with Gasteiger partial charge in [-0.2, -0.15) is 0 Å². The van der Waals surface area contributed by atoms with E-state index < -0.39 is 0 Å². The Morgan fingerprint density at radius 3 is 2.79 bits per heavy atom. The van der Waals surface area contributed by atoms with Gasteiger partial charge in [0.25, 0.3) is 0 Å². The van der Waals surface area contributed by atoms with Crippen LogP contribution < -0.4 is 5.32 Å². The molecule has 2 nitrogen and oxygen atoms in total. The molecule has 1 fully saturated rings. The highest BCUT2D eigenvalue weighted by Gasteiger charge is 2.35. The molecule has 0 atom stereocenters. The largest absolute Gasteiger partial charge is 0.370 e. The van der Waals surface area contributed by atoms with E-state index in [9.17, 15) is 0 Å². The number of pyridine rings is 1. The predicted octanol–water partition coefficient (Wildman–Crippen LogP) is 2.93. The molecule has 1 aromatic rings. The van der Waals surface area contributed by atoms with Crippen LogP contribution in [0.25, 0.3) is 0 Å². The maximum atomic E-state index is 4.23. The lowest BCUT2D eigenvalue weighted by atomic mass is 9.64. The van der Waals surface area contributed by atoms with Crippen molar-refractivity contribution in [2.45, 2.75) is 26.7 Å². The van der Waals surface area contributed by atoms with Gasteiger partial charge in [-0.15, -0.1) is 0 Å². The molecule has 76 valence electrons. The first-order valence-electron chi connectivity index (χ1n) is 5.31. The molecule has 1 aromatic heterocycles. The third-order valence-corrected chi connectivity index (χ3v) is 2.92. The minimum Gasteiger partial charge on any atom is -0.370 e. The second-order valence-corrected chi connectivity index (χ2v) is 5.03. The van der Waals surface area contributed by atoms with E-state index in [1.165, 1.54) is 12.8 Å². The van der Waals surface area contributed by atoms with Crippen molar-refractivity contribution in [1.82, 2.24) is 4.98 Å². The van der Waals surface area contributed by atoms with Crippen LogP contribution in [-0.4, -0.2) is 11.5 Å². The van der Waals surface area contributed by atoms with Crippen molar-refractivity contribution in [3.63, 3.8) is 0 Å². The number of rotatable bonds is 3. The molecule has 1 saturated carbocycles. The number of nitrogens with one attached hydrogen (secondary N) is 1. The van der Waals surface area contributed by atoms with Crippen LogP contribution in [0, 0.1) is 11.3 Å². The molecule has 0 aliphatic heterocycles. The van der Waals surface area contributed by atoms with Crippen LogP contribution in [0.3, 0.4) is 0 Å². The Hall–Kier alpha value is -1.05. The summed E-state index contributed by atoms with van der Waals surface area (Å²) in [4.78, 5) is 4.23. The summed E-state index contributed by atoms with van der Waals surface area (Å²) in [5.74, 6) is 1.84. The molecule has 0 spiro atoms. The molecule has 0 bridgehead atoms. The van der Waals surface area contributed by atoms with Crippen LogP contribution >= 0.6 is 0 Å². The third kappa shape index (κ3) is 2.25. The van der Waals surface area contributed by atoms with E-state index in [4.69, 9.17) is 0 Å². The van der Waals surface area contributed by atoms with Crippen molar-refractivity contribution in [3.05, 3.63) is 24.4 Å². The predicted molar refractivity (Wildman–Crippen MR) is 59.2 cm³/mol. The zero-order chi connectivity index (χ0) is 10.0. The molecule has 0 aromatic carbocycles. The van der Waals surface area contributed by atoms with Crippen LogP contribution in [0.4, 0.5) is 5.82 Å². The lowest BCUT2D eigenvalue weighted by Crippen LogP contribution is -2.35. The molecule has 2 heteroatoms. The van der Waals surface area contributed by atoms with E-state index in [2.05, 4.69) is 24.1 Å². The Balaban J connectivity index is 1.75. The zero-order valence-corrected chi connectivity index (χ0v) is 8.96. The van der Waals surface area contributed by atoms with Gasteiger partial charge in [0, 0.05) is 12.7 Å². The van der Waals surface area contributed by atoms with Crippen molar-refractivity contribution in [1.29, 1.82) is 0 Å². The van der Waals surface area contributed by atoms with Crippen molar-refractivity contribution in [2.75, 3.05) is 11.9 Å². The topological polar surface area (TPSA) is 24.9 Å². The lowest BCUT2D eigenvalue weighted by Gasteiger charge is -2.42. The van der Waals surface area contributed by atoms with E-state index in [0.717, 1.165) is 18.3 Å².